The Hall–Kier alpha value is -3.67. The van der Waals surface area contributed by atoms with Gasteiger partial charge in [-0.3, -0.25) is 0 Å². The van der Waals surface area contributed by atoms with Crippen LogP contribution >= 0.6 is 0 Å². The Morgan fingerprint density at radius 1 is 0.889 bits per heavy atom. The Balaban J connectivity index is 0.00000345. The second-order valence-electron chi connectivity index (χ2n) is 11.8. The summed E-state index contributed by atoms with van der Waals surface area (Å²) in [4.78, 5) is 30.5. The van der Waals surface area contributed by atoms with Crippen LogP contribution in [0.1, 0.15) is 85.1 Å². The van der Waals surface area contributed by atoms with Crippen LogP contribution < -0.4 is 9.64 Å². The third-order valence-corrected chi connectivity index (χ3v) is 5.79. The van der Waals surface area contributed by atoms with Crippen LogP contribution in [0.25, 0.3) is 11.6 Å². The fraction of sp³-hybridized carbons (Fsp3) is 0.667. The zero-order valence-corrected chi connectivity index (χ0v) is 25.7. The van der Waals surface area contributed by atoms with Crippen LogP contribution in [0.3, 0.4) is 0 Å². The highest BCUT2D eigenvalue weighted by Gasteiger charge is 2.58. The van der Waals surface area contributed by atoms with Crippen molar-refractivity contribution < 1.29 is 64.8 Å². The van der Waals surface area contributed by atoms with Crippen molar-refractivity contribution >= 4 is 17.9 Å². The van der Waals surface area contributed by atoms with Gasteiger partial charge in [0.15, 0.2) is 5.69 Å². The molecule has 3 heterocycles. The number of carbonyl (C=O) groups is 2. The highest BCUT2D eigenvalue weighted by Crippen LogP contribution is 2.45. The zero-order chi connectivity index (χ0) is 34.6. The van der Waals surface area contributed by atoms with Gasteiger partial charge in [-0.15, -0.1) is 10.2 Å². The average Bonchev–Trinajstić information content (AvgIpc) is 3.36. The largest absolute Gasteiger partial charge is 0.477 e. The molecule has 2 amide bonds. The lowest BCUT2D eigenvalue weighted by Crippen LogP contribution is -2.44. The monoisotopic (exact) mass is 658 g/mol. The summed E-state index contributed by atoms with van der Waals surface area (Å²) in [7, 11) is 1.00. The van der Waals surface area contributed by atoms with E-state index in [1.165, 1.54) is 41.5 Å². The van der Waals surface area contributed by atoms with Crippen LogP contribution in [0.4, 0.5) is 41.6 Å². The number of hydrogen-bond donors (Lipinski definition) is 2. The van der Waals surface area contributed by atoms with E-state index in [-0.39, 0.29) is 37.2 Å². The molecule has 18 heteroatoms. The van der Waals surface area contributed by atoms with Crippen LogP contribution in [-0.4, -0.2) is 68.7 Å². The Bertz CT molecular complexity index is 1310. The number of carbonyl (C=O) groups excluding carboxylic acids is 2. The van der Waals surface area contributed by atoms with Crippen LogP contribution in [0.2, 0.25) is 0 Å². The molecule has 1 aliphatic heterocycles. The van der Waals surface area contributed by atoms with Crippen LogP contribution in [-0.2, 0) is 21.3 Å². The molecule has 12 nitrogen and oxygen atoms in total. The summed E-state index contributed by atoms with van der Waals surface area (Å²) in [5.74, 6) is -3.30. The van der Waals surface area contributed by atoms with E-state index in [1.807, 2.05) is 0 Å². The Kier molecular flexibility index (Phi) is 11.5. The van der Waals surface area contributed by atoms with Gasteiger partial charge >= 0.3 is 24.5 Å². The SMILES string of the molecule is CC(C)(C)OC(=O)N(C(=O)OC(C)(C)C)c1cc(C(F)(F)F)c2nc1-c1nnc(o1)C(O)(C(F)(F)F)CCCCCCO2.CO. The summed E-state index contributed by atoms with van der Waals surface area (Å²) in [6, 6.07) is 0.317. The van der Waals surface area contributed by atoms with E-state index in [2.05, 4.69) is 15.2 Å². The van der Waals surface area contributed by atoms with E-state index in [0.29, 0.717) is 6.07 Å². The lowest BCUT2D eigenvalue weighted by atomic mass is 9.95. The molecule has 1 unspecified atom stereocenters. The van der Waals surface area contributed by atoms with E-state index in [9.17, 15) is 41.0 Å². The molecule has 0 saturated carbocycles. The van der Waals surface area contributed by atoms with Crippen LogP contribution in [0.15, 0.2) is 10.5 Å². The van der Waals surface area contributed by atoms with Crippen molar-refractivity contribution in [3.05, 3.63) is 17.5 Å². The molecule has 0 spiro atoms. The minimum Gasteiger partial charge on any atom is -0.477 e. The average molecular weight is 659 g/mol. The summed E-state index contributed by atoms with van der Waals surface area (Å²) in [5, 5.41) is 24.4. The first-order valence-corrected chi connectivity index (χ1v) is 13.6. The maximum Gasteiger partial charge on any atom is 0.426 e. The molecule has 2 N–H and O–H groups in total. The van der Waals surface area contributed by atoms with Gasteiger partial charge in [0.2, 0.25) is 11.5 Å². The van der Waals surface area contributed by atoms with Gasteiger partial charge in [-0.05, 0) is 66.9 Å². The minimum absolute atomic E-state index is 0.0841. The van der Waals surface area contributed by atoms with Crippen molar-refractivity contribution in [3.63, 3.8) is 0 Å². The highest BCUT2D eigenvalue weighted by molar-refractivity contribution is 6.11. The molecule has 0 fully saturated rings. The van der Waals surface area contributed by atoms with Gasteiger partial charge in [0.05, 0.1) is 12.3 Å². The number of hydrogen-bond acceptors (Lipinski definition) is 11. The number of halogens is 6. The topological polar surface area (TPSA) is 157 Å². The summed E-state index contributed by atoms with van der Waals surface area (Å²) >= 11 is 0. The van der Waals surface area contributed by atoms with Crippen molar-refractivity contribution in [2.45, 2.75) is 103 Å². The third-order valence-electron chi connectivity index (χ3n) is 5.79. The summed E-state index contributed by atoms with van der Waals surface area (Å²) in [5.41, 5.74) is -9.49. The second-order valence-corrected chi connectivity index (χ2v) is 11.8. The maximum atomic E-state index is 14.3. The van der Waals surface area contributed by atoms with Crippen LogP contribution in [0.5, 0.6) is 5.88 Å². The Morgan fingerprint density at radius 2 is 1.42 bits per heavy atom. The fourth-order valence-corrected chi connectivity index (χ4v) is 3.87. The van der Waals surface area contributed by atoms with Gasteiger partial charge in [0.25, 0.3) is 11.8 Å². The van der Waals surface area contributed by atoms with Gasteiger partial charge < -0.3 is 28.8 Å². The molecule has 2 aromatic heterocycles. The predicted octanol–water partition coefficient (Wildman–Crippen LogP) is 6.53. The van der Waals surface area contributed by atoms with Crippen molar-refractivity contribution in [2.75, 3.05) is 18.6 Å². The normalized spacial score (nSPS) is 18.0. The first kappa shape index (κ1) is 37.5. The van der Waals surface area contributed by atoms with E-state index in [4.69, 9.17) is 23.7 Å². The molecule has 3 rings (SSSR count). The van der Waals surface area contributed by atoms with E-state index < -0.39 is 82.4 Å². The number of amides is 2. The number of alkyl halides is 6. The number of imide groups is 1. The fourth-order valence-electron chi connectivity index (χ4n) is 3.87. The van der Waals surface area contributed by atoms with Crippen LogP contribution in [0, 0.1) is 0 Å². The van der Waals surface area contributed by atoms with Crippen molar-refractivity contribution in [2.24, 2.45) is 0 Å². The van der Waals surface area contributed by atoms with Gasteiger partial charge in [-0.25, -0.2) is 14.6 Å². The summed E-state index contributed by atoms with van der Waals surface area (Å²) in [6.07, 6.45) is -13.9. The smallest absolute Gasteiger partial charge is 0.426 e. The number of rotatable bonds is 1. The Morgan fingerprint density at radius 3 is 1.91 bits per heavy atom. The summed E-state index contributed by atoms with van der Waals surface area (Å²) in [6.45, 7) is 8.20. The van der Waals surface area contributed by atoms with E-state index in [0.717, 1.165) is 7.11 Å². The predicted molar refractivity (Wildman–Crippen MR) is 144 cm³/mol. The molecule has 0 radical (unpaired) electrons. The molecule has 0 saturated heterocycles. The van der Waals surface area contributed by atoms with Crippen molar-refractivity contribution in [3.8, 4) is 17.5 Å². The number of nitrogens with zero attached hydrogens (tertiary/aromatic N) is 4. The molecule has 1 atom stereocenters. The number of aliphatic hydroxyl groups is 2. The minimum atomic E-state index is -5.28. The number of anilines is 1. The molecule has 0 aliphatic carbocycles. The number of aliphatic hydroxyl groups excluding tert-OH is 1. The van der Waals surface area contributed by atoms with E-state index >= 15 is 0 Å². The molecular weight excluding hydrogens is 622 g/mol. The molecule has 2 aromatic rings. The molecular formula is C27H36F6N4O8. The quantitative estimate of drug-likeness (QED) is 0.321. The molecule has 45 heavy (non-hydrogen) atoms. The second kappa shape index (κ2) is 13.8. The lowest BCUT2D eigenvalue weighted by Gasteiger charge is -2.29. The van der Waals surface area contributed by atoms with Gasteiger partial charge in [-0.2, -0.15) is 31.2 Å². The molecule has 0 aromatic carbocycles. The maximum absolute atomic E-state index is 14.3. The van der Waals surface area contributed by atoms with Crippen molar-refractivity contribution in [1.82, 2.24) is 15.2 Å². The lowest BCUT2D eigenvalue weighted by molar-refractivity contribution is -0.277. The van der Waals surface area contributed by atoms with Crippen molar-refractivity contribution in [1.29, 1.82) is 0 Å². The summed E-state index contributed by atoms with van der Waals surface area (Å²) < 4.78 is 106. The molecule has 4 bridgehead atoms. The third kappa shape index (κ3) is 9.42. The highest BCUT2D eigenvalue weighted by atomic mass is 19.4. The van der Waals surface area contributed by atoms with Gasteiger partial charge in [0.1, 0.15) is 16.8 Å². The first-order chi connectivity index (χ1) is 20.5. The standard InChI is InChI=1S/C26H32F6N4O7.CH4O/c1-22(2,3)42-20(37)36(21(38)43-23(4,5)6)15-13-14(25(27,28)29)17-33-16(15)18-34-35-19(41-18)24(39,26(30,31)32)11-9-7-8-10-12-40-17;1-2/h13,39H,7-12H2,1-6H3;2H,1H3. The number of fused-ring (bicyclic) bond motifs is 5. The van der Waals surface area contributed by atoms with E-state index in [1.54, 1.807) is 0 Å². The Labute approximate surface area is 254 Å². The number of ether oxygens (including phenoxy) is 3. The molecule has 254 valence electrons. The molecule has 1 aliphatic rings. The van der Waals surface area contributed by atoms with Gasteiger partial charge in [0, 0.05) is 7.11 Å². The zero-order valence-electron chi connectivity index (χ0n) is 25.7. The van der Waals surface area contributed by atoms with Gasteiger partial charge in [-0.1, -0.05) is 12.8 Å². The first-order valence-electron chi connectivity index (χ1n) is 13.6. The number of pyridine rings is 1. The number of aromatic nitrogens is 3.